The van der Waals surface area contributed by atoms with Crippen LogP contribution in [-0.2, 0) is 6.42 Å². The first-order valence-corrected chi connectivity index (χ1v) is 6.37. The molecule has 2 rings (SSSR count). The van der Waals surface area contributed by atoms with E-state index in [4.69, 9.17) is 0 Å². The van der Waals surface area contributed by atoms with Gasteiger partial charge in [0.05, 0.1) is 3.79 Å². The lowest BCUT2D eigenvalue weighted by atomic mass is 10.2. The second-order valence-electron chi connectivity index (χ2n) is 2.64. The van der Waals surface area contributed by atoms with E-state index in [9.17, 15) is 0 Å². The number of fused-ring (bicyclic) bond motifs is 1. The van der Waals surface area contributed by atoms with Crippen LogP contribution in [0.5, 0.6) is 0 Å². The van der Waals surface area contributed by atoms with E-state index in [0.717, 1.165) is 0 Å². The van der Waals surface area contributed by atoms with Crippen molar-refractivity contribution in [3.8, 4) is 0 Å². The van der Waals surface area contributed by atoms with Gasteiger partial charge in [0.15, 0.2) is 0 Å². The van der Waals surface area contributed by atoms with Crippen molar-refractivity contribution in [2.45, 2.75) is 24.2 Å². The molecule has 0 radical (unpaired) electrons. The Morgan fingerprint density at radius 3 is 3.18 bits per heavy atom. The molecule has 0 saturated heterocycles. The molecule has 1 aromatic rings. The fourth-order valence-electron chi connectivity index (χ4n) is 1.25. The van der Waals surface area contributed by atoms with Gasteiger partial charge in [-0.1, -0.05) is 0 Å². The third-order valence-corrected chi connectivity index (χ3v) is 4.79. The average molecular weight is 249 g/mol. The Bertz CT molecular complexity index is 231. The molecule has 0 amide bonds. The Hall–Kier alpha value is 0.530. The van der Waals surface area contributed by atoms with Crippen LogP contribution in [0.15, 0.2) is 14.7 Å². The van der Waals surface area contributed by atoms with Crippen LogP contribution in [0.2, 0.25) is 0 Å². The van der Waals surface area contributed by atoms with Gasteiger partial charge in [-0.3, -0.25) is 0 Å². The number of aryl methyl sites for hydroxylation is 1. The molecule has 0 N–H and O–H groups in total. The van der Waals surface area contributed by atoms with Crippen molar-refractivity contribution in [3.05, 3.63) is 14.7 Å². The monoisotopic (exact) mass is 248 g/mol. The zero-order chi connectivity index (χ0) is 7.68. The largest absolute Gasteiger partial charge is 0.132 e. The molecule has 0 bridgehead atoms. The van der Waals surface area contributed by atoms with Crippen LogP contribution >= 0.6 is 39.0 Å². The highest BCUT2D eigenvalue weighted by molar-refractivity contribution is 9.11. The summed E-state index contributed by atoms with van der Waals surface area (Å²) in [6.45, 7) is 0. The quantitative estimate of drug-likeness (QED) is 0.671. The number of thioether (sulfide) groups is 1. The summed E-state index contributed by atoms with van der Waals surface area (Å²) < 4.78 is 1.29. The van der Waals surface area contributed by atoms with Crippen molar-refractivity contribution in [2.24, 2.45) is 0 Å². The fraction of sp³-hybridized carbons (Fsp3) is 0.500. The summed E-state index contributed by atoms with van der Waals surface area (Å²) in [5.74, 6) is 1.30. The molecule has 0 aromatic carbocycles. The number of halogens is 1. The van der Waals surface area contributed by atoms with Crippen LogP contribution in [0.4, 0.5) is 0 Å². The van der Waals surface area contributed by atoms with Crippen LogP contribution in [0, 0.1) is 0 Å². The molecule has 1 aliphatic rings. The zero-order valence-electron chi connectivity index (χ0n) is 6.10. The summed E-state index contributed by atoms with van der Waals surface area (Å²) in [5, 5.41) is 0. The van der Waals surface area contributed by atoms with Gasteiger partial charge in [0.1, 0.15) is 0 Å². The van der Waals surface area contributed by atoms with Crippen molar-refractivity contribution < 1.29 is 0 Å². The van der Waals surface area contributed by atoms with Crippen molar-refractivity contribution in [3.63, 3.8) is 0 Å². The lowest BCUT2D eigenvalue weighted by Crippen LogP contribution is -1.77. The van der Waals surface area contributed by atoms with Crippen molar-refractivity contribution in [2.75, 3.05) is 5.75 Å². The van der Waals surface area contributed by atoms with Gasteiger partial charge in [-0.2, -0.15) is 0 Å². The Kier molecular flexibility index (Phi) is 2.59. The van der Waals surface area contributed by atoms with E-state index in [2.05, 4.69) is 22.0 Å². The van der Waals surface area contributed by atoms with E-state index in [1.807, 2.05) is 23.1 Å². The van der Waals surface area contributed by atoms with E-state index >= 15 is 0 Å². The summed E-state index contributed by atoms with van der Waals surface area (Å²) >= 11 is 7.43. The predicted molar refractivity (Wildman–Crippen MR) is 55.7 cm³/mol. The van der Waals surface area contributed by atoms with E-state index in [1.165, 1.54) is 33.7 Å². The smallest absolute Gasteiger partial charge is 0.0712 e. The third kappa shape index (κ3) is 1.82. The maximum Gasteiger partial charge on any atom is 0.0712 e. The predicted octanol–water partition coefficient (Wildman–Crippen LogP) is 3.94. The summed E-state index contributed by atoms with van der Waals surface area (Å²) in [4.78, 5) is 3.10. The molecule has 0 saturated carbocycles. The molecular weight excluding hydrogens is 240 g/mol. The van der Waals surface area contributed by atoms with E-state index < -0.39 is 0 Å². The third-order valence-electron chi connectivity index (χ3n) is 1.80. The number of thiophene rings is 1. The summed E-state index contributed by atoms with van der Waals surface area (Å²) in [6.07, 6.45) is 4.04. The first-order valence-electron chi connectivity index (χ1n) is 3.77. The minimum atomic E-state index is 1.29. The Morgan fingerprint density at radius 2 is 2.27 bits per heavy atom. The van der Waals surface area contributed by atoms with Crippen LogP contribution in [0.25, 0.3) is 0 Å². The Morgan fingerprint density at radius 1 is 1.36 bits per heavy atom. The van der Waals surface area contributed by atoms with Crippen LogP contribution in [0.3, 0.4) is 0 Å². The highest BCUT2D eigenvalue weighted by Crippen LogP contribution is 2.37. The van der Waals surface area contributed by atoms with Gasteiger partial charge in [0.2, 0.25) is 0 Å². The van der Waals surface area contributed by atoms with Gasteiger partial charge in [0.25, 0.3) is 0 Å². The van der Waals surface area contributed by atoms with Crippen LogP contribution < -0.4 is 0 Å². The molecule has 2 heterocycles. The Labute approximate surface area is 83.5 Å². The maximum atomic E-state index is 3.52. The van der Waals surface area contributed by atoms with Gasteiger partial charge in [-0.15, -0.1) is 23.1 Å². The van der Waals surface area contributed by atoms with Crippen LogP contribution in [-0.4, -0.2) is 5.75 Å². The number of hydrogen-bond donors (Lipinski definition) is 0. The lowest BCUT2D eigenvalue weighted by Gasteiger charge is -1.92. The van der Waals surface area contributed by atoms with Crippen LogP contribution in [0.1, 0.15) is 17.7 Å². The second-order valence-corrected chi connectivity index (χ2v) is 6.30. The van der Waals surface area contributed by atoms with Gasteiger partial charge in [-0.05, 0) is 47.0 Å². The molecule has 11 heavy (non-hydrogen) atoms. The number of rotatable bonds is 0. The first kappa shape index (κ1) is 8.14. The summed E-state index contributed by atoms with van der Waals surface area (Å²) in [7, 11) is 0. The highest BCUT2D eigenvalue weighted by atomic mass is 79.9. The molecule has 0 unspecified atom stereocenters. The molecule has 0 fully saturated rings. The standard InChI is InChI=1S/C8H9BrS2/c9-8-5-7-6(11-8)3-1-2-4-10-7/h5H,1-4H2. The first-order chi connectivity index (χ1) is 5.36. The summed E-state index contributed by atoms with van der Waals surface area (Å²) in [6, 6.07) is 2.26. The molecule has 3 heteroatoms. The minimum absolute atomic E-state index is 1.29. The van der Waals surface area contributed by atoms with E-state index in [-0.39, 0.29) is 0 Å². The maximum absolute atomic E-state index is 3.52. The summed E-state index contributed by atoms with van der Waals surface area (Å²) in [5.41, 5.74) is 0. The van der Waals surface area contributed by atoms with Gasteiger partial charge in [0, 0.05) is 9.77 Å². The highest BCUT2D eigenvalue weighted by Gasteiger charge is 2.10. The minimum Gasteiger partial charge on any atom is -0.132 e. The molecule has 1 aliphatic heterocycles. The average Bonchev–Trinajstić information content (AvgIpc) is 2.17. The molecule has 1 aromatic heterocycles. The van der Waals surface area contributed by atoms with Crippen molar-refractivity contribution in [1.29, 1.82) is 0 Å². The topological polar surface area (TPSA) is 0 Å². The van der Waals surface area contributed by atoms with Crippen molar-refractivity contribution in [1.82, 2.24) is 0 Å². The second kappa shape index (κ2) is 3.50. The molecule has 0 nitrogen and oxygen atoms in total. The fourth-order valence-corrected chi connectivity index (χ4v) is 4.44. The number of hydrogen-bond acceptors (Lipinski definition) is 2. The van der Waals surface area contributed by atoms with Crippen molar-refractivity contribution >= 4 is 39.0 Å². The normalized spacial score (nSPS) is 17.5. The van der Waals surface area contributed by atoms with Gasteiger partial charge >= 0.3 is 0 Å². The molecule has 0 spiro atoms. The SMILES string of the molecule is Brc1cc2c(s1)CCCCS2. The molecular formula is C8H9BrS2. The molecule has 0 atom stereocenters. The van der Waals surface area contributed by atoms with Gasteiger partial charge < -0.3 is 0 Å². The van der Waals surface area contributed by atoms with E-state index in [1.54, 1.807) is 4.88 Å². The lowest BCUT2D eigenvalue weighted by molar-refractivity contribution is 0.815. The zero-order valence-corrected chi connectivity index (χ0v) is 9.32. The Balaban J connectivity index is 2.32. The molecule has 0 aliphatic carbocycles. The van der Waals surface area contributed by atoms with Gasteiger partial charge in [-0.25, -0.2) is 0 Å². The van der Waals surface area contributed by atoms with E-state index in [0.29, 0.717) is 0 Å². The molecule has 60 valence electrons.